The molecule has 0 saturated heterocycles. The lowest BCUT2D eigenvalue weighted by Crippen LogP contribution is -2.52. The Bertz CT molecular complexity index is 554. The van der Waals surface area contributed by atoms with Crippen LogP contribution in [0.1, 0.15) is 37.6 Å². The fourth-order valence-electron chi connectivity index (χ4n) is 2.53. The number of rotatable bonds is 5. The molecule has 124 valence electrons. The van der Waals surface area contributed by atoms with Crippen LogP contribution in [0.15, 0.2) is 16.6 Å². The summed E-state index contributed by atoms with van der Waals surface area (Å²) < 4.78 is 11.4. The number of fused-ring (bicyclic) bond motifs is 1. The van der Waals surface area contributed by atoms with Crippen LogP contribution in [-0.2, 0) is 0 Å². The number of ether oxygens (including phenoxy) is 2. The Kier molecular flexibility index (Phi) is 6.52. The molecule has 0 spiro atoms. The summed E-state index contributed by atoms with van der Waals surface area (Å²) >= 11 is 3.39. The van der Waals surface area contributed by atoms with Crippen molar-refractivity contribution in [2.45, 2.75) is 32.7 Å². The molecule has 1 heterocycles. The molecule has 22 heavy (non-hydrogen) atoms. The first-order valence-electron chi connectivity index (χ1n) is 6.96. The van der Waals surface area contributed by atoms with Crippen molar-refractivity contribution in [1.29, 1.82) is 0 Å². The van der Waals surface area contributed by atoms with Crippen molar-refractivity contribution in [3.8, 4) is 11.5 Å². The van der Waals surface area contributed by atoms with E-state index in [-0.39, 0.29) is 25.1 Å². The Labute approximate surface area is 145 Å². The minimum Gasteiger partial charge on any atom is -0.454 e. The van der Waals surface area contributed by atoms with E-state index in [0.29, 0.717) is 34.0 Å². The molecule has 0 saturated carbocycles. The molecule has 1 aliphatic heterocycles. The Morgan fingerprint density at radius 2 is 2.14 bits per heavy atom. The Morgan fingerprint density at radius 1 is 1.45 bits per heavy atom. The highest BCUT2D eigenvalue weighted by Crippen LogP contribution is 2.40. The van der Waals surface area contributed by atoms with Crippen molar-refractivity contribution < 1.29 is 14.3 Å². The number of hydrogen-bond donors (Lipinski definition) is 2. The Hall–Kier alpha value is -0.980. The molecule has 0 aliphatic carbocycles. The molecule has 1 aliphatic rings. The molecule has 3 N–H and O–H groups in total. The fraction of sp³-hybridized carbons (Fsp3) is 0.533. The van der Waals surface area contributed by atoms with Gasteiger partial charge in [0, 0.05) is 17.6 Å². The van der Waals surface area contributed by atoms with E-state index in [0.717, 1.165) is 6.42 Å². The quantitative estimate of drug-likeness (QED) is 0.806. The van der Waals surface area contributed by atoms with Gasteiger partial charge >= 0.3 is 0 Å². The molecule has 0 bridgehead atoms. The molecule has 0 radical (unpaired) electrons. The van der Waals surface area contributed by atoms with Gasteiger partial charge in [0.15, 0.2) is 11.5 Å². The topological polar surface area (TPSA) is 73.6 Å². The fourth-order valence-corrected chi connectivity index (χ4v) is 3.09. The summed E-state index contributed by atoms with van der Waals surface area (Å²) in [5, 5.41) is 3.03. The molecule has 1 aromatic carbocycles. The highest BCUT2D eigenvalue weighted by Gasteiger charge is 2.28. The van der Waals surface area contributed by atoms with E-state index < -0.39 is 5.54 Å². The van der Waals surface area contributed by atoms with E-state index >= 15 is 0 Å². The van der Waals surface area contributed by atoms with Crippen LogP contribution in [-0.4, -0.2) is 24.8 Å². The van der Waals surface area contributed by atoms with Crippen molar-refractivity contribution in [2.24, 2.45) is 11.7 Å². The summed E-state index contributed by atoms with van der Waals surface area (Å²) in [6, 6.07) is 3.42. The molecule has 0 fully saturated rings. The van der Waals surface area contributed by atoms with Crippen LogP contribution in [0.5, 0.6) is 11.5 Å². The number of halogens is 2. The first kappa shape index (κ1) is 19.1. The van der Waals surface area contributed by atoms with Gasteiger partial charge in [-0.05, 0) is 47.3 Å². The highest BCUT2D eigenvalue weighted by molar-refractivity contribution is 9.10. The summed E-state index contributed by atoms with van der Waals surface area (Å²) in [5.74, 6) is 1.49. The van der Waals surface area contributed by atoms with Crippen LogP contribution in [0.4, 0.5) is 0 Å². The summed E-state index contributed by atoms with van der Waals surface area (Å²) in [4.78, 5) is 12.5. The number of carbonyl (C=O) groups is 1. The van der Waals surface area contributed by atoms with Gasteiger partial charge in [-0.2, -0.15) is 0 Å². The zero-order valence-corrected chi connectivity index (χ0v) is 15.3. The molecular formula is C15H22BrClN2O3. The van der Waals surface area contributed by atoms with Crippen molar-refractivity contribution in [1.82, 2.24) is 5.32 Å². The second kappa shape index (κ2) is 7.53. The predicted octanol–water partition coefficient (Wildman–Crippen LogP) is 3.09. The average molecular weight is 394 g/mol. The lowest BCUT2D eigenvalue weighted by atomic mass is 9.90. The minimum atomic E-state index is -0.423. The summed E-state index contributed by atoms with van der Waals surface area (Å²) in [7, 11) is 0. The molecule has 1 atom stereocenters. The average Bonchev–Trinajstić information content (AvgIpc) is 2.86. The molecule has 1 aromatic rings. The zero-order chi connectivity index (χ0) is 15.6. The van der Waals surface area contributed by atoms with Crippen LogP contribution < -0.4 is 20.5 Å². The molecule has 5 nitrogen and oxygen atoms in total. The number of carbonyl (C=O) groups excluding carboxylic acids is 1. The van der Waals surface area contributed by atoms with Gasteiger partial charge in [-0.15, -0.1) is 12.4 Å². The van der Waals surface area contributed by atoms with Gasteiger partial charge in [0.1, 0.15) is 0 Å². The molecule has 2 rings (SSSR count). The number of hydrogen-bond acceptors (Lipinski definition) is 4. The molecule has 1 unspecified atom stereocenters. The Balaban J connectivity index is 0.00000242. The standard InChI is InChI=1S/C15H21BrN2O3.ClH/c1-9(2)6-15(3,7-17)18-14(19)10-4-11(16)13-12(5-10)20-8-21-13;/h4-5,9H,6-8,17H2,1-3H3,(H,18,19);1H. The first-order chi connectivity index (χ1) is 9.84. The van der Waals surface area contributed by atoms with Crippen molar-refractivity contribution in [3.05, 3.63) is 22.2 Å². The maximum Gasteiger partial charge on any atom is 0.251 e. The molecule has 0 aromatic heterocycles. The summed E-state index contributed by atoms with van der Waals surface area (Å²) in [6.07, 6.45) is 0.820. The van der Waals surface area contributed by atoms with Crippen LogP contribution >= 0.6 is 28.3 Å². The van der Waals surface area contributed by atoms with Crippen LogP contribution in [0.2, 0.25) is 0 Å². The van der Waals surface area contributed by atoms with E-state index in [2.05, 4.69) is 35.1 Å². The van der Waals surface area contributed by atoms with E-state index in [9.17, 15) is 4.79 Å². The van der Waals surface area contributed by atoms with Crippen LogP contribution in [0, 0.1) is 5.92 Å². The maximum atomic E-state index is 12.5. The molecule has 1 amide bonds. The van der Waals surface area contributed by atoms with Gasteiger partial charge in [0.05, 0.1) is 4.47 Å². The van der Waals surface area contributed by atoms with E-state index in [4.69, 9.17) is 15.2 Å². The second-order valence-electron chi connectivity index (χ2n) is 6.01. The normalized spacial score (nSPS) is 15.2. The van der Waals surface area contributed by atoms with E-state index in [1.165, 1.54) is 0 Å². The molecular weight excluding hydrogens is 372 g/mol. The lowest BCUT2D eigenvalue weighted by Gasteiger charge is -2.31. The smallest absolute Gasteiger partial charge is 0.251 e. The second-order valence-corrected chi connectivity index (χ2v) is 6.86. The van der Waals surface area contributed by atoms with Crippen LogP contribution in [0.25, 0.3) is 0 Å². The minimum absolute atomic E-state index is 0. The van der Waals surface area contributed by atoms with Gasteiger partial charge in [0.25, 0.3) is 5.91 Å². The van der Waals surface area contributed by atoms with Gasteiger partial charge in [-0.25, -0.2) is 0 Å². The van der Waals surface area contributed by atoms with Gasteiger partial charge in [-0.1, -0.05) is 13.8 Å². The SMILES string of the molecule is CC(C)CC(C)(CN)NC(=O)c1cc(Br)c2c(c1)OCO2.Cl. The largest absolute Gasteiger partial charge is 0.454 e. The summed E-state index contributed by atoms with van der Waals surface area (Å²) in [6.45, 7) is 6.75. The lowest BCUT2D eigenvalue weighted by molar-refractivity contribution is 0.0897. The Morgan fingerprint density at radius 3 is 2.73 bits per heavy atom. The molecule has 7 heteroatoms. The number of nitrogens with two attached hydrogens (primary N) is 1. The number of amides is 1. The third-order valence-corrected chi connectivity index (χ3v) is 4.00. The number of benzene rings is 1. The third-order valence-electron chi connectivity index (χ3n) is 3.41. The summed E-state index contributed by atoms with van der Waals surface area (Å²) in [5.41, 5.74) is 5.93. The van der Waals surface area contributed by atoms with Gasteiger partial charge < -0.3 is 20.5 Å². The van der Waals surface area contributed by atoms with Crippen molar-refractivity contribution in [3.63, 3.8) is 0 Å². The first-order valence-corrected chi connectivity index (χ1v) is 7.75. The van der Waals surface area contributed by atoms with Crippen LogP contribution in [0.3, 0.4) is 0 Å². The van der Waals surface area contributed by atoms with E-state index in [1.807, 2.05) is 6.92 Å². The van der Waals surface area contributed by atoms with E-state index in [1.54, 1.807) is 12.1 Å². The number of nitrogens with one attached hydrogen (secondary N) is 1. The van der Waals surface area contributed by atoms with Crippen molar-refractivity contribution in [2.75, 3.05) is 13.3 Å². The van der Waals surface area contributed by atoms with Crippen molar-refractivity contribution >= 4 is 34.2 Å². The third kappa shape index (κ3) is 4.27. The van der Waals surface area contributed by atoms with Gasteiger partial charge in [0.2, 0.25) is 6.79 Å². The zero-order valence-electron chi connectivity index (χ0n) is 12.9. The maximum absolute atomic E-state index is 12.5. The highest BCUT2D eigenvalue weighted by atomic mass is 79.9. The van der Waals surface area contributed by atoms with Gasteiger partial charge in [-0.3, -0.25) is 4.79 Å². The monoisotopic (exact) mass is 392 g/mol. The predicted molar refractivity (Wildman–Crippen MR) is 91.9 cm³/mol.